The van der Waals surface area contributed by atoms with Crippen molar-refractivity contribution >= 4 is 11.6 Å². The number of anilines is 1. The van der Waals surface area contributed by atoms with Crippen molar-refractivity contribution in [2.24, 2.45) is 5.92 Å². The summed E-state index contributed by atoms with van der Waals surface area (Å²) in [4.78, 5) is 16.0. The molecule has 0 saturated carbocycles. The third kappa shape index (κ3) is 4.91. The van der Waals surface area contributed by atoms with E-state index in [9.17, 15) is 4.79 Å². The van der Waals surface area contributed by atoms with Gasteiger partial charge >= 0.3 is 0 Å². The van der Waals surface area contributed by atoms with Crippen LogP contribution in [0.5, 0.6) is 5.75 Å². The van der Waals surface area contributed by atoms with E-state index in [0.29, 0.717) is 18.2 Å². The molecule has 1 heterocycles. The number of rotatable bonds is 6. The van der Waals surface area contributed by atoms with Crippen LogP contribution >= 0.6 is 0 Å². The molecule has 1 aromatic carbocycles. The van der Waals surface area contributed by atoms with Gasteiger partial charge in [0.1, 0.15) is 11.4 Å². The topological polar surface area (TPSA) is 51.2 Å². The Morgan fingerprint density at radius 2 is 1.95 bits per heavy atom. The Kier molecular flexibility index (Phi) is 5.32. The number of hydrogen-bond donors (Lipinski definition) is 1. The van der Waals surface area contributed by atoms with E-state index in [1.54, 1.807) is 24.4 Å². The molecule has 0 fully saturated rings. The van der Waals surface area contributed by atoms with Crippen molar-refractivity contribution in [2.45, 2.75) is 20.3 Å². The van der Waals surface area contributed by atoms with E-state index in [2.05, 4.69) is 24.1 Å². The average Bonchev–Trinajstić information content (AvgIpc) is 2.49. The first-order valence-corrected chi connectivity index (χ1v) is 7.10. The van der Waals surface area contributed by atoms with Gasteiger partial charge in [-0.1, -0.05) is 19.9 Å². The summed E-state index contributed by atoms with van der Waals surface area (Å²) in [6.07, 6.45) is 2.62. The highest BCUT2D eigenvalue weighted by atomic mass is 16.5. The van der Waals surface area contributed by atoms with Crippen molar-refractivity contribution in [3.05, 3.63) is 54.4 Å². The van der Waals surface area contributed by atoms with E-state index in [4.69, 9.17) is 4.74 Å². The second-order valence-corrected chi connectivity index (χ2v) is 5.22. The van der Waals surface area contributed by atoms with Gasteiger partial charge in [0, 0.05) is 11.9 Å². The highest BCUT2D eigenvalue weighted by Crippen LogP contribution is 2.17. The molecule has 0 spiro atoms. The molecule has 0 radical (unpaired) electrons. The second kappa shape index (κ2) is 7.43. The van der Waals surface area contributed by atoms with E-state index in [1.807, 2.05) is 24.3 Å². The lowest BCUT2D eigenvalue weighted by Gasteiger charge is -2.09. The zero-order valence-electron chi connectivity index (χ0n) is 12.4. The molecule has 2 aromatic rings. The second-order valence-electron chi connectivity index (χ2n) is 5.22. The number of benzene rings is 1. The Morgan fingerprint density at radius 1 is 1.19 bits per heavy atom. The van der Waals surface area contributed by atoms with Gasteiger partial charge in [-0.3, -0.25) is 9.78 Å². The maximum Gasteiger partial charge on any atom is 0.274 e. The number of carbonyl (C=O) groups is 1. The molecule has 4 nitrogen and oxygen atoms in total. The number of aromatic nitrogens is 1. The Morgan fingerprint density at radius 3 is 2.57 bits per heavy atom. The maximum atomic E-state index is 11.9. The minimum atomic E-state index is -0.218. The van der Waals surface area contributed by atoms with E-state index in [-0.39, 0.29) is 5.91 Å². The summed E-state index contributed by atoms with van der Waals surface area (Å²) in [6, 6.07) is 12.6. The van der Waals surface area contributed by atoms with Crippen molar-refractivity contribution in [2.75, 3.05) is 11.9 Å². The molecule has 0 aliphatic heterocycles. The van der Waals surface area contributed by atoms with Gasteiger partial charge in [0.2, 0.25) is 0 Å². The Bertz CT molecular complexity index is 565. The van der Waals surface area contributed by atoms with Gasteiger partial charge in [0.05, 0.1) is 6.61 Å². The quantitative estimate of drug-likeness (QED) is 0.878. The Balaban J connectivity index is 1.89. The number of carbonyl (C=O) groups excluding carboxylic acids is 1. The maximum absolute atomic E-state index is 11.9. The van der Waals surface area contributed by atoms with E-state index >= 15 is 0 Å². The Hall–Kier alpha value is -2.36. The molecule has 2 rings (SSSR count). The molecule has 0 atom stereocenters. The number of ether oxygens (including phenoxy) is 1. The molecule has 0 aliphatic carbocycles. The van der Waals surface area contributed by atoms with Gasteiger partial charge in [-0.2, -0.15) is 0 Å². The van der Waals surface area contributed by atoms with Crippen molar-refractivity contribution in [3.8, 4) is 5.75 Å². The van der Waals surface area contributed by atoms with Crippen molar-refractivity contribution in [3.63, 3.8) is 0 Å². The molecule has 1 N–H and O–H groups in total. The van der Waals surface area contributed by atoms with E-state index in [1.165, 1.54) is 0 Å². The third-order valence-electron chi connectivity index (χ3n) is 2.97. The average molecular weight is 284 g/mol. The van der Waals surface area contributed by atoms with Gasteiger partial charge in [-0.15, -0.1) is 0 Å². The Labute approximate surface area is 125 Å². The number of amides is 1. The number of nitrogens with one attached hydrogen (secondary N) is 1. The first-order valence-electron chi connectivity index (χ1n) is 7.10. The summed E-state index contributed by atoms with van der Waals surface area (Å²) in [5.74, 6) is 1.22. The number of hydrogen-bond acceptors (Lipinski definition) is 3. The fourth-order valence-corrected chi connectivity index (χ4v) is 1.74. The van der Waals surface area contributed by atoms with Crippen LogP contribution < -0.4 is 10.1 Å². The van der Waals surface area contributed by atoms with Gasteiger partial charge in [0.25, 0.3) is 5.91 Å². The first kappa shape index (κ1) is 15.0. The molecular weight excluding hydrogens is 264 g/mol. The van der Waals surface area contributed by atoms with Crippen molar-refractivity contribution in [1.82, 2.24) is 4.98 Å². The zero-order chi connectivity index (χ0) is 15.1. The molecule has 110 valence electrons. The van der Waals surface area contributed by atoms with Gasteiger partial charge < -0.3 is 10.1 Å². The van der Waals surface area contributed by atoms with Crippen LogP contribution in [0.25, 0.3) is 0 Å². The van der Waals surface area contributed by atoms with Gasteiger partial charge in [0.15, 0.2) is 0 Å². The summed E-state index contributed by atoms with van der Waals surface area (Å²) in [5.41, 5.74) is 1.12. The summed E-state index contributed by atoms with van der Waals surface area (Å²) < 4.78 is 5.64. The summed E-state index contributed by atoms with van der Waals surface area (Å²) >= 11 is 0. The molecule has 21 heavy (non-hydrogen) atoms. The smallest absolute Gasteiger partial charge is 0.274 e. The minimum absolute atomic E-state index is 0.218. The van der Waals surface area contributed by atoms with Crippen LogP contribution in [0.1, 0.15) is 30.8 Å². The van der Waals surface area contributed by atoms with Crippen LogP contribution in [-0.4, -0.2) is 17.5 Å². The van der Waals surface area contributed by atoms with Crippen LogP contribution in [-0.2, 0) is 0 Å². The number of pyridine rings is 1. The molecule has 4 heteroatoms. The predicted octanol–water partition coefficient (Wildman–Crippen LogP) is 3.76. The summed E-state index contributed by atoms with van der Waals surface area (Å²) in [6.45, 7) is 5.04. The molecule has 0 unspecified atom stereocenters. The highest BCUT2D eigenvalue weighted by Gasteiger charge is 2.06. The first-order chi connectivity index (χ1) is 10.1. The van der Waals surface area contributed by atoms with Gasteiger partial charge in [-0.25, -0.2) is 0 Å². The van der Waals surface area contributed by atoms with Crippen LogP contribution in [0.3, 0.4) is 0 Å². The lowest BCUT2D eigenvalue weighted by molar-refractivity contribution is 0.102. The van der Waals surface area contributed by atoms with Crippen LogP contribution in [0.15, 0.2) is 48.7 Å². The fraction of sp³-hybridized carbons (Fsp3) is 0.294. The SMILES string of the molecule is CC(C)CCOc1ccc(NC(=O)c2ccccn2)cc1. The molecule has 0 bridgehead atoms. The highest BCUT2D eigenvalue weighted by molar-refractivity contribution is 6.02. The van der Waals surface area contributed by atoms with E-state index < -0.39 is 0 Å². The van der Waals surface area contributed by atoms with Crippen molar-refractivity contribution < 1.29 is 9.53 Å². The normalized spacial score (nSPS) is 10.4. The standard InChI is InChI=1S/C17H20N2O2/c1-13(2)10-12-21-15-8-6-14(7-9-15)19-17(20)16-5-3-4-11-18-16/h3-9,11,13H,10,12H2,1-2H3,(H,19,20). The van der Waals surface area contributed by atoms with E-state index in [0.717, 1.165) is 17.9 Å². The van der Waals surface area contributed by atoms with Crippen LogP contribution in [0.2, 0.25) is 0 Å². The number of nitrogens with zero attached hydrogens (tertiary/aromatic N) is 1. The minimum Gasteiger partial charge on any atom is -0.494 e. The predicted molar refractivity (Wildman–Crippen MR) is 83.6 cm³/mol. The summed E-state index contributed by atoms with van der Waals surface area (Å²) in [5, 5.41) is 2.80. The van der Waals surface area contributed by atoms with Crippen molar-refractivity contribution in [1.29, 1.82) is 0 Å². The zero-order valence-corrected chi connectivity index (χ0v) is 12.4. The lowest BCUT2D eigenvalue weighted by Crippen LogP contribution is -2.13. The molecule has 0 aliphatic rings. The largest absolute Gasteiger partial charge is 0.494 e. The molecule has 1 aromatic heterocycles. The van der Waals surface area contributed by atoms with Crippen LogP contribution in [0, 0.1) is 5.92 Å². The summed E-state index contributed by atoms with van der Waals surface area (Å²) in [7, 11) is 0. The fourth-order valence-electron chi connectivity index (χ4n) is 1.74. The molecule has 1 amide bonds. The monoisotopic (exact) mass is 284 g/mol. The third-order valence-corrected chi connectivity index (χ3v) is 2.97. The molecular formula is C17H20N2O2. The van der Waals surface area contributed by atoms with Gasteiger partial charge in [-0.05, 0) is 48.7 Å². The van der Waals surface area contributed by atoms with Crippen LogP contribution in [0.4, 0.5) is 5.69 Å². The molecule has 0 saturated heterocycles. The lowest BCUT2D eigenvalue weighted by atomic mass is 10.1.